The summed E-state index contributed by atoms with van der Waals surface area (Å²) in [7, 11) is -1.39. The fraction of sp³-hybridized carbons (Fsp3) is 0.375. The van der Waals surface area contributed by atoms with Crippen molar-refractivity contribution in [3.63, 3.8) is 0 Å². The maximum absolute atomic E-state index is 12.4. The summed E-state index contributed by atoms with van der Waals surface area (Å²) in [5, 5.41) is 0. The Morgan fingerprint density at radius 3 is 2.59 bits per heavy atom. The molecule has 1 N–H and O–H groups in total. The number of benzene rings is 1. The summed E-state index contributed by atoms with van der Waals surface area (Å²) < 4.78 is 15.0. The Morgan fingerprint density at radius 1 is 1.27 bits per heavy atom. The summed E-state index contributed by atoms with van der Waals surface area (Å²) in [5.74, 6) is 0.135. The molecule has 1 aliphatic heterocycles. The van der Waals surface area contributed by atoms with Crippen molar-refractivity contribution in [2.24, 2.45) is 5.92 Å². The monoisotopic (exact) mass is 320 g/mol. The zero-order valence-corrected chi connectivity index (χ0v) is 13.5. The maximum atomic E-state index is 12.4. The molecule has 1 amide bonds. The first-order valence-electron chi connectivity index (χ1n) is 7.18. The van der Waals surface area contributed by atoms with Gasteiger partial charge in [-0.1, -0.05) is 37.3 Å². The SMILES string of the molecule is CC1C=C(NS(=O)Cc2ccccc2)C(=O)N(CC=O)C1C. The number of carbonyl (C=O) groups excluding carboxylic acids is 2. The van der Waals surface area contributed by atoms with Crippen LogP contribution in [0.1, 0.15) is 19.4 Å². The number of carbonyl (C=O) groups is 2. The van der Waals surface area contributed by atoms with Crippen LogP contribution in [0.2, 0.25) is 0 Å². The third-order valence-electron chi connectivity index (χ3n) is 3.81. The predicted octanol–water partition coefficient (Wildman–Crippen LogP) is 1.39. The van der Waals surface area contributed by atoms with Gasteiger partial charge in [0.2, 0.25) is 0 Å². The van der Waals surface area contributed by atoms with Gasteiger partial charge in [-0.2, -0.15) is 0 Å². The van der Waals surface area contributed by atoms with Gasteiger partial charge in [0.1, 0.15) is 23.0 Å². The van der Waals surface area contributed by atoms with E-state index in [4.69, 9.17) is 0 Å². The topological polar surface area (TPSA) is 66.5 Å². The lowest BCUT2D eigenvalue weighted by Gasteiger charge is -2.35. The van der Waals surface area contributed by atoms with Crippen molar-refractivity contribution >= 4 is 23.2 Å². The number of hydrogen-bond acceptors (Lipinski definition) is 3. The van der Waals surface area contributed by atoms with Gasteiger partial charge >= 0.3 is 0 Å². The van der Waals surface area contributed by atoms with Crippen molar-refractivity contribution in [1.82, 2.24) is 9.62 Å². The van der Waals surface area contributed by atoms with Gasteiger partial charge in [-0.15, -0.1) is 0 Å². The van der Waals surface area contributed by atoms with Crippen LogP contribution in [0, 0.1) is 5.92 Å². The Balaban J connectivity index is 2.07. The molecule has 1 aromatic carbocycles. The van der Waals surface area contributed by atoms with E-state index in [9.17, 15) is 13.8 Å². The summed E-state index contributed by atoms with van der Waals surface area (Å²) in [6.45, 7) is 3.92. The van der Waals surface area contributed by atoms with Crippen molar-refractivity contribution in [1.29, 1.82) is 0 Å². The van der Waals surface area contributed by atoms with Crippen LogP contribution in [0.5, 0.6) is 0 Å². The zero-order chi connectivity index (χ0) is 16.1. The average Bonchev–Trinajstić information content (AvgIpc) is 2.50. The lowest BCUT2D eigenvalue weighted by Crippen LogP contribution is -2.49. The molecule has 0 radical (unpaired) electrons. The Bertz CT molecular complexity index is 601. The molecule has 2 rings (SSSR count). The van der Waals surface area contributed by atoms with Gasteiger partial charge < -0.3 is 14.4 Å². The molecule has 0 saturated heterocycles. The summed E-state index contributed by atoms with van der Waals surface area (Å²) in [6, 6.07) is 9.39. The molecule has 0 saturated carbocycles. The molecule has 5 nitrogen and oxygen atoms in total. The molecule has 3 atom stereocenters. The normalized spacial score (nSPS) is 22.9. The number of rotatable bonds is 6. The first-order chi connectivity index (χ1) is 10.5. The lowest BCUT2D eigenvalue weighted by molar-refractivity contribution is -0.133. The third kappa shape index (κ3) is 3.82. The van der Waals surface area contributed by atoms with E-state index < -0.39 is 11.0 Å². The smallest absolute Gasteiger partial charge is 0.271 e. The number of aldehydes is 1. The van der Waals surface area contributed by atoms with Crippen molar-refractivity contribution in [3.05, 3.63) is 47.7 Å². The summed E-state index contributed by atoms with van der Waals surface area (Å²) in [5.41, 5.74) is 1.24. The molecule has 0 spiro atoms. The van der Waals surface area contributed by atoms with Crippen molar-refractivity contribution in [2.75, 3.05) is 6.54 Å². The zero-order valence-electron chi connectivity index (χ0n) is 12.7. The quantitative estimate of drug-likeness (QED) is 0.806. The highest BCUT2D eigenvalue weighted by molar-refractivity contribution is 7.82. The Morgan fingerprint density at radius 2 is 1.95 bits per heavy atom. The summed E-state index contributed by atoms with van der Waals surface area (Å²) in [4.78, 5) is 24.6. The number of amides is 1. The standard InChI is InChI=1S/C16H20N2O3S/c1-12-10-15(16(20)18(8-9-19)13(12)2)17-22(21)11-14-6-4-3-5-7-14/h3-7,9-10,12-13,17H,8,11H2,1-2H3. The molecule has 0 aliphatic carbocycles. The predicted molar refractivity (Wildman–Crippen MR) is 85.9 cm³/mol. The average molecular weight is 320 g/mol. The molecule has 22 heavy (non-hydrogen) atoms. The molecule has 1 heterocycles. The van der Waals surface area contributed by atoms with Crippen LogP contribution in [-0.4, -0.2) is 33.9 Å². The van der Waals surface area contributed by atoms with Gasteiger partial charge in [-0.3, -0.25) is 4.79 Å². The minimum absolute atomic E-state index is 0.0502. The van der Waals surface area contributed by atoms with E-state index in [1.807, 2.05) is 44.2 Å². The fourth-order valence-corrected chi connectivity index (χ4v) is 3.36. The fourth-order valence-electron chi connectivity index (χ4n) is 2.39. The van der Waals surface area contributed by atoms with Gasteiger partial charge in [0.15, 0.2) is 0 Å². The van der Waals surface area contributed by atoms with Gasteiger partial charge in [-0.05, 0) is 24.5 Å². The van der Waals surface area contributed by atoms with E-state index in [2.05, 4.69) is 4.72 Å². The number of nitrogens with one attached hydrogen (secondary N) is 1. The molecule has 1 aliphatic rings. The van der Waals surface area contributed by atoms with E-state index >= 15 is 0 Å². The highest BCUT2D eigenvalue weighted by Gasteiger charge is 2.31. The lowest BCUT2D eigenvalue weighted by atomic mass is 9.96. The largest absolute Gasteiger partial charge is 0.327 e. The number of hydrogen-bond donors (Lipinski definition) is 1. The summed E-state index contributed by atoms with van der Waals surface area (Å²) in [6.07, 6.45) is 2.50. The van der Waals surface area contributed by atoms with E-state index in [-0.39, 0.29) is 24.4 Å². The second-order valence-corrected chi connectivity index (χ2v) is 6.57. The molecule has 6 heteroatoms. The van der Waals surface area contributed by atoms with Crippen LogP contribution < -0.4 is 4.72 Å². The minimum atomic E-state index is -1.39. The summed E-state index contributed by atoms with van der Waals surface area (Å²) >= 11 is 0. The van der Waals surface area contributed by atoms with Gasteiger partial charge in [0.25, 0.3) is 5.91 Å². The van der Waals surface area contributed by atoms with Gasteiger partial charge in [0.05, 0.1) is 12.3 Å². The van der Waals surface area contributed by atoms with Gasteiger partial charge in [-0.25, -0.2) is 4.21 Å². The van der Waals surface area contributed by atoms with Gasteiger partial charge in [0, 0.05) is 6.04 Å². The van der Waals surface area contributed by atoms with Crippen LogP contribution in [0.3, 0.4) is 0 Å². The second kappa shape index (κ2) is 7.35. The molecule has 118 valence electrons. The highest BCUT2D eigenvalue weighted by Crippen LogP contribution is 2.21. The molecular formula is C16H20N2O3S. The Labute approximate surface area is 133 Å². The van der Waals surface area contributed by atoms with E-state index in [1.54, 1.807) is 6.08 Å². The van der Waals surface area contributed by atoms with Crippen LogP contribution in [0.4, 0.5) is 0 Å². The first kappa shape index (κ1) is 16.4. The third-order valence-corrected chi connectivity index (χ3v) is 4.85. The van der Waals surface area contributed by atoms with Crippen molar-refractivity contribution in [2.45, 2.75) is 25.6 Å². The van der Waals surface area contributed by atoms with E-state index in [1.165, 1.54) is 4.90 Å². The number of nitrogens with zero attached hydrogens (tertiary/aromatic N) is 1. The van der Waals surface area contributed by atoms with Crippen LogP contribution in [0.15, 0.2) is 42.1 Å². The van der Waals surface area contributed by atoms with Crippen molar-refractivity contribution < 1.29 is 13.8 Å². The van der Waals surface area contributed by atoms with E-state index in [0.717, 1.165) is 5.56 Å². The molecular weight excluding hydrogens is 300 g/mol. The maximum Gasteiger partial charge on any atom is 0.271 e. The van der Waals surface area contributed by atoms with Crippen molar-refractivity contribution in [3.8, 4) is 0 Å². The Hall–Kier alpha value is -1.95. The molecule has 0 aromatic heterocycles. The molecule has 1 aromatic rings. The van der Waals surface area contributed by atoms with E-state index in [0.29, 0.717) is 17.7 Å². The molecule has 0 fully saturated rings. The van der Waals surface area contributed by atoms with Crippen LogP contribution >= 0.6 is 0 Å². The highest BCUT2D eigenvalue weighted by atomic mass is 32.2. The molecule has 3 unspecified atom stereocenters. The minimum Gasteiger partial charge on any atom is -0.327 e. The van der Waals surface area contributed by atoms with Crippen LogP contribution in [0.25, 0.3) is 0 Å². The first-order valence-corrected chi connectivity index (χ1v) is 8.50. The van der Waals surface area contributed by atoms with Crippen LogP contribution in [-0.2, 0) is 26.3 Å². The molecule has 0 bridgehead atoms. The Kier molecular flexibility index (Phi) is 5.49. The second-order valence-electron chi connectivity index (χ2n) is 5.38.